The summed E-state index contributed by atoms with van der Waals surface area (Å²) in [5, 5.41) is 8.42. The highest BCUT2D eigenvalue weighted by atomic mass is 19.1. The lowest BCUT2D eigenvalue weighted by molar-refractivity contribution is 0.0729. The number of halogens is 1. The highest BCUT2D eigenvalue weighted by molar-refractivity contribution is 5.92. The van der Waals surface area contributed by atoms with Crippen molar-refractivity contribution in [1.82, 2.24) is 19.9 Å². The van der Waals surface area contributed by atoms with Gasteiger partial charge in [0.05, 0.1) is 18.3 Å². The number of carbonyl (C=O) groups is 1. The molecule has 0 N–H and O–H groups in total. The topological polar surface area (TPSA) is 51.0 Å². The van der Waals surface area contributed by atoms with Crippen LogP contribution in [0.4, 0.5) is 4.39 Å². The van der Waals surface area contributed by atoms with Crippen LogP contribution >= 0.6 is 0 Å². The fourth-order valence-corrected chi connectivity index (χ4v) is 4.26. The Morgan fingerprint density at radius 1 is 1.00 bits per heavy atom. The number of benzene rings is 1. The summed E-state index contributed by atoms with van der Waals surface area (Å²) in [6, 6.07) is 6.81. The van der Waals surface area contributed by atoms with Crippen molar-refractivity contribution >= 4 is 5.91 Å². The van der Waals surface area contributed by atoms with E-state index < -0.39 is 0 Å². The molecule has 2 aromatic rings. The number of carbonyl (C=O) groups excluding carboxylic acids is 1. The van der Waals surface area contributed by atoms with E-state index in [0.29, 0.717) is 18.3 Å². The van der Waals surface area contributed by atoms with Gasteiger partial charge in [0.1, 0.15) is 5.82 Å². The summed E-state index contributed by atoms with van der Waals surface area (Å²) in [5.41, 5.74) is 1.40. The van der Waals surface area contributed by atoms with E-state index in [1.807, 2.05) is 15.8 Å². The number of amides is 1. The van der Waals surface area contributed by atoms with E-state index in [0.717, 1.165) is 31.2 Å². The maximum Gasteiger partial charge on any atom is 0.276 e. The van der Waals surface area contributed by atoms with Gasteiger partial charge in [-0.05, 0) is 43.4 Å². The predicted molar refractivity (Wildman–Crippen MR) is 96.2 cm³/mol. The predicted octanol–water partition coefficient (Wildman–Crippen LogP) is 4.29. The molecule has 2 fully saturated rings. The zero-order valence-corrected chi connectivity index (χ0v) is 15.0. The number of nitrogens with zero attached hydrogens (tertiary/aromatic N) is 4. The van der Waals surface area contributed by atoms with Crippen molar-refractivity contribution in [3.63, 3.8) is 0 Å². The molecule has 5 nitrogen and oxygen atoms in total. The first-order valence-corrected chi connectivity index (χ1v) is 9.70. The molecule has 1 amide bonds. The third kappa shape index (κ3) is 3.50. The Labute approximate surface area is 153 Å². The molecule has 4 rings (SSSR count). The van der Waals surface area contributed by atoms with E-state index in [4.69, 9.17) is 0 Å². The Balaban J connectivity index is 1.50. The monoisotopic (exact) mass is 356 g/mol. The molecule has 1 aliphatic carbocycles. The van der Waals surface area contributed by atoms with Crippen LogP contribution in [0.25, 0.3) is 0 Å². The van der Waals surface area contributed by atoms with Crippen molar-refractivity contribution in [1.29, 1.82) is 0 Å². The van der Waals surface area contributed by atoms with Crippen LogP contribution in [0.1, 0.15) is 79.5 Å². The second-order valence-corrected chi connectivity index (χ2v) is 7.44. The minimum Gasteiger partial charge on any atom is -0.330 e. The molecule has 1 aromatic carbocycles. The van der Waals surface area contributed by atoms with Gasteiger partial charge in [0, 0.05) is 6.54 Å². The van der Waals surface area contributed by atoms with Gasteiger partial charge in [-0.25, -0.2) is 9.07 Å². The SMILES string of the molecule is O=C(c1cn(C2CCCCCC2)nn1)N1CCC[C@@H]1c1ccc(F)cc1. The lowest BCUT2D eigenvalue weighted by Gasteiger charge is -2.24. The molecule has 0 radical (unpaired) electrons. The third-order valence-electron chi connectivity index (χ3n) is 5.70. The van der Waals surface area contributed by atoms with Gasteiger partial charge in [-0.15, -0.1) is 5.10 Å². The minimum absolute atomic E-state index is 0.00821. The van der Waals surface area contributed by atoms with E-state index >= 15 is 0 Å². The van der Waals surface area contributed by atoms with Crippen LogP contribution in [0.3, 0.4) is 0 Å². The van der Waals surface area contributed by atoms with Crippen LogP contribution in [-0.2, 0) is 0 Å². The summed E-state index contributed by atoms with van der Waals surface area (Å²) in [7, 11) is 0. The second-order valence-electron chi connectivity index (χ2n) is 7.44. The summed E-state index contributed by atoms with van der Waals surface area (Å²) in [5.74, 6) is -0.326. The van der Waals surface area contributed by atoms with Crippen LogP contribution < -0.4 is 0 Å². The number of rotatable bonds is 3. The van der Waals surface area contributed by atoms with E-state index in [1.54, 1.807) is 12.1 Å². The summed E-state index contributed by atoms with van der Waals surface area (Å²) < 4.78 is 15.1. The maximum absolute atomic E-state index is 13.2. The van der Waals surface area contributed by atoms with Crippen molar-refractivity contribution in [3.8, 4) is 0 Å². The van der Waals surface area contributed by atoms with Crippen LogP contribution in [-0.4, -0.2) is 32.3 Å². The van der Waals surface area contributed by atoms with Crippen LogP contribution in [0.5, 0.6) is 0 Å². The van der Waals surface area contributed by atoms with Gasteiger partial charge in [-0.3, -0.25) is 4.79 Å². The molecule has 138 valence electrons. The van der Waals surface area contributed by atoms with Crippen LogP contribution in [0, 0.1) is 5.82 Å². The van der Waals surface area contributed by atoms with E-state index in [1.165, 1.54) is 37.8 Å². The Morgan fingerprint density at radius 3 is 2.46 bits per heavy atom. The number of aromatic nitrogens is 3. The van der Waals surface area contributed by atoms with Gasteiger partial charge < -0.3 is 4.90 Å². The normalized spacial score (nSPS) is 21.7. The molecule has 2 aliphatic rings. The Hall–Kier alpha value is -2.24. The fourth-order valence-electron chi connectivity index (χ4n) is 4.26. The molecule has 2 heterocycles. The first kappa shape index (κ1) is 17.2. The third-order valence-corrected chi connectivity index (χ3v) is 5.70. The van der Waals surface area contributed by atoms with Gasteiger partial charge in [0.25, 0.3) is 5.91 Å². The van der Waals surface area contributed by atoms with Gasteiger partial charge >= 0.3 is 0 Å². The zero-order chi connectivity index (χ0) is 17.9. The molecular formula is C20H25FN4O. The highest BCUT2D eigenvalue weighted by Crippen LogP contribution is 2.33. The number of likely N-dealkylation sites (tertiary alicyclic amines) is 1. The number of hydrogen-bond acceptors (Lipinski definition) is 3. The van der Waals surface area contributed by atoms with Crippen molar-refractivity contribution in [3.05, 3.63) is 47.5 Å². The smallest absolute Gasteiger partial charge is 0.276 e. The average molecular weight is 356 g/mol. The molecule has 1 saturated carbocycles. The van der Waals surface area contributed by atoms with Crippen LogP contribution in [0.15, 0.2) is 30.5 Å². The first-order chi connectivity index (χ1) is 12.7. The molecule has 1 aliphatic heterocycles. The lowest BCUT2D eigenvalue weighted by Crippen LogP contribution is -2.30. The molecule has 6 heteroatoms. The molecule has 0 spiro atoms. The first-order valence-electron chi connectivity index (χ1n) is 9.70. The van der Waals surface area contributed by atoms with Gasteiger partial charge in [-0.1, -0.05) is 43.0 Å². The average Bonchev–Trinajstić information content (AvgIpc) is 3.26. The molecule has 1 saturated heterocycles. The summed E-state index contributed by atoms with van der Waals surface area (Å²) in [6.07, 6.45) is 10.9. The lowest BCUT2D eigenvalue weighted by atomic mass is 10.0. The minimum atomic E-state index is -0.254. The molecule has 1 atom stereocenters. The van der Waals surface area contributed by atoms with Crippen molar-refractivity contribution in [2.24, 2.45) is 0 Å². The van der Waals surface area contributed by atoms with Crippen molar-refractivity contribution < 1.29 is 9.18 Å². The number of hydrogen-bond donors (Lipinski definition) is 0. The second kappa shape index (κ2) is 7.56. The molecule has 1 aromatic heterocycles. The fraction of sp³-hybridized carbons (Fsp3) is 0.550. The Morgan fingerprint density at radius 2 is 1.73 bits per heavy atom. The largest absolute Gasteiger partial charge is 0.330 e. The van der Waals surface area contributed by atoms with Gasteiger partial charge in [0.15, 0.2) is 5.69 Å². The van der Waals surface area contributed by atoms with E-state index in [-0.39, 0.29) is 17.8 Å². The van der Waals surface area contributed by atoms with E-state index in [9.17, 15) is 9.18 Å². The maximum atomic E-state index is 13.2. The van der Waals surface area contributed by atoms with Crippen molar-refractivity contribution in [2.45, 2.75) is 63.5 Å². The molecule has 0 bridgehead atoms. The standard InChI is InChI=1S/C20H25FN4O/c21-16-11-9-15(10-12-16)19-8-5-13-24(19)20(26)18-14-25(23-22-18)17-6-3-1-2-4-7-17/h9-12,14,17,19H,1-8,13H2/t19-/m1/s1. The highest BCUT2D eigenvalue weighted by Gasteiger charge is 2.32. The van der Waals surface area contributed by atoms with Crippen molar-refractivity contribution in [2.75, 3.05) is 6.54 Å². The summed E-state index contributed by atoms with van der Waals surface area (Å²) in [4.78, 5) is 14.9. The van der Waals surface area contributed by atoms with Gasteiger partial charge in [-0.2, -0.15) is 0 Å². The summed E-state index contributed by atoms with van der Waals surface area (Å²) in [6.45, 7) is 0.706. The van der Waals surface area contributed by atoms with E-state index in [2.05, 4.69) is 10.3 Å². The zero-order valence-electron chi connectivity index (χ0n) is 15.0. The Kier molecular flexibility index (Phi) is 5.00. The Bertz CT molecular complexity index is 749. The molecule has 26 heavy (non-hydrogen) atoms. The van der Waals surface area contributed by atoms with Gasteiger partial charge in [0.2, 0.25) is 0 Å². The molecule has 0 unspecified atom stereocenters. The van der Waals surface area contributed by atoms with Crippen LogP contribution in [0.2, 0.25) is 0 Å². The molecular weight excluding hydrogens is 331 g/mol. The summed E-state index contributed by atoms with van der Waals surface area (Å²) >= 11 is 0. The quantitative estimate of drug-likeness (QED) is 0.771.